The topological polar surface area (TPSA) is 17.1 Å². The van der Waals surface area contributed by atoms with E-state index >= 15 is 0 Å². The van der Waals surface area contributed by atoms with Crippen molar-refractivity contribution in [3.05, 3.63) is 6.92 Å². The Hall–Kier alpha value is -0.330. The van der Waals surface area contributed by atoms with Crippen LogP contribution in [0.2, 0.25) is 0 Å². The summed E-state index contributed by atoms with van der Waals surface area (Å²) in [6.07, 6.45) is 3.02. The maximum Gasteiger partial charge on any atom is 0.139 e. The van der Waals surface area contributed by atoms with Gasteiger partial charge in [0, 0.05) is 11.8 Å². The van der Waals surface area contributed by atoms with E-state index in [-0.39, 0.29) is 10.8 Å². The molecule has 0 amide bonds. The second-order valence-corrected chi connectivity index (χ2v) is 4.67. The molecule has 61 valence electrons. The summed E-state index contributed by atoms with van der Waals surface area (Å²) in [5.41, 5.74) is -0.0538. The Labute approximate surface area is 68.2 Å². The third-order valence-corrected chi connectivity index (χ3v) is 4.14. The standard InChI is InChI=1S/C10H15O/c1-9(2)7-4-5-10(9,3)8(11)6-7/h7H,3-6H2,1-2H3. The highest BCUT2D eigenvalue weighted by Gasteiger charge is 2.61. The second kappa shape index (κ2) is 1.70. The van der Waals surface area contributed by atoms with E-state index in [1.54, 1.807) is 0 Å². The van der Waals surface area contributed by atoms with Crippen molar-refractivity contribution in [2.45, 2.75) is 33.1 Å². The van der Waals surface area contributed by atoms with E-state index < -0.39 is 0 Å². The zero-order valence-corrected chi connectivity index (χ0v) is 7.31. The zero-order chi connectivity index (χ0) is 8.28. The van der Waals surface area contributed by atoms with Crippen LogP contribution in [0.3, 0.4) is 0 Å². The van der Waals surface area contributed by atoms with Gasteiger partial charge >= 0.3 is 0 Å². The minimum absolute atomic E-state index is 0.171. The maximum absolute atomic E-state index is 11.5. The highest BCUT2D eigenvalue weighted by atomic mass is 16.1. The molecule has 2 atom stereocenters. The molecule has 0 spiro atoms. The van der Waals surface area contributed by atoms with Crippen molar-refractivity contribution in [2.75, 3.05) is 0 Å². The fourth-order valence-corrected chi connectivity index (χ4v) is 2.77. The Kier molecular flexibility index (Phi) is 1.13. The average Bonchev–Trinajstić information content (AvgIpc) is 2.20. The highest BCUT2D eigenvalue weighted by Crippen LogP contribution is 2.63. The molecule has 1 heteroatoms. The van der Waals surface area contributed by atoms with Gasteiger partial charge < -0.3 is 0 Å². The Morgan fingerprint density at radius 2 is 2.18 bits per heavy atom. The normalized spacial score (nSPS) is 46.8. The minimum Gasteiger partial charge on any atom is -0.299 e. The largest absolute Gasteiger partial charge is 0.299 e. The van der Waals surface area contributed by atoms with Crippen molar-refractivity contribution in [1.82, 2.24) is 0 Å². The van der Waals surface area contributed by atoms with Gasteiger partial charge in [-0.3, -0.25) is 4.79 Å². The summed E-state index contributed by atoms with van der Waals surface area (Å²) in [4.78, 5) is 11.5. The lowest BCUT2D eigenvalue weighted by Gasteiger charge is -2.32. The number of rotatable bonds is 0. The van der Waals surface area contributed by atoms with E-state index in [9.17, 15) is 4.79 Å². The second-order valence-electron chi connectivity index (χ2n) is 4.67. The molecule has 2 aliphatic rings. The predicted molar refractivity (Wildman–Crippen MR) is 43.9 cm³/mol. The van der Waals surface area contributed by atoms with Crippen molar-refractivity contribution < 1.29 is 4.79 Å². The molecular weight excluding hydrogens is 136 g/mol. The number of hydrogen-bond donors (Lipinski definition) is 0. The summed E-state index contributed by atoms with van der Waals surface area (Å²) in [6, 6.07) is 0. The van der Waals surface area contributed by atoms with Crippen molar-refractivity contribution in [2.24, 2.45) is 16.7 Å². The fourth-order valence-electron chi connectivity index (χ4n) is 2.77. The van der Waals surface area contributed by atoms with E-state index in [0.29, 0.717) is 11.7 Å². The molecule has 1 nitrogen and oxygen atoms in total. The van der Waals surface area contributed by atoms with Crippen LogP contribution in [0.15, 0.2) is 0 Å². The number of ketones is 1. The molecule has 1 radical (unpaired) electrons. The van der Waals surface area contributed by atoms with Crippen LogP contribution >= 0.6 is 0 Å². The summed E-state index contributed by atoms with van der Waals surface area (Å²) >= 11 is 0. The van der Waals surface area contributed by atoms with Gasteiger partial charge in [0.2, 0.25) is 0 Å². The highest BCUT2D eigenvalue weighted by molar-refractivity contribution is 5.90. The van der Waals surface area contributed by atoms with Crippen molar-refractivity contribution in [3.63, 3.8) is 0 Å². The molecule has 2 rings (SSSR count). The van der Waals surface area contributed by atoms with Crippen molar-refractivity contribution >= 4 is 5.78 Å². The fraction of sp³-hybridized carbons (Fsp3) is 0.800. The van der Waals surface area contributed by atoms with Crippen LogP contribution in [0.1, 0.15) is 33.1 Å². The number of fused-ring (bicyclic) bond motifs is 2. The van der Waals surface area contributed by atoms with Crippen LogP contribution in [0.5, 0.6) is 0 Å². The molecule has 0 heterocycles. The number of carbonyl (C=O) groups is 1. The lowest BCUT2D eigenvalue weighted by molar-refractivity contribution is -0.126. The average molecular weight is 151 g/mol. The molecular formula is C10H15O. The Morgan fingerprint density at radius 3 is 2.36 bits per heavy atom. The smallest absolute Gasteiger partial charge is 0.139 e. The molecule has 2 bridgehead atoms. The lowest BCUT2D eigenvalue weighted by Crippen LogP contribution is -2.32. The SMILES string of the molecule is [CH2]C12CCC(CC1=O)C2(C)C. The quantitative estimate of drug-likeness (QED) is 0.519. The van der Waals surface area contributed by atoms with E-state index in [0.717, 1.165) is 12.8 Å². The first kappa shape index (κ1) is 7.33. The van der Waals surface area contributed by atoms with Gasteiger partial charge in [0.15, 0.2) is 0 Å². The summed E-state index contributed by atoms with van der Waals surface area (Å²) in [6.45, 7) is 8.51. The molecule has 0 aromatic rings. The van der Waals surface area contributed by atoms with Crippen LogP contribution in [-0.2, 0) is 4.79 Å². The zero-order valence-electron chi connectivity index (χ0n) is 7.31. The van der Waals surface area contributed by atoms with Gasteiger partial charge in [0.05, 0.1) is 0 Å². The van der Waals surface area contributed by atoms with E-state index in [1.165, 1.54) is 6.42 Å². The molecule has 0 aliphatic heterocycles. The molecule has 0 aromatic heterocycles. The number of carbonyl (C=O) groups excluding carboxylic acids is 1. The molecule has 0 N–H and O–H groups in total. The van der Waals surface area contributed by atoms with Crippen LogP contribution in [-0.4, -0.2) is 5.78 Å². The van der Waals surface area contributed by atoms with Crippen molar-refractivity contribution in [3.8, 4) is 0 Å². The van der Waals surface area contributed by atoms with Crippen LogP contribution in [0.4, 0.5) is 0 Å². The van der Waals surface area contributed by atoms with E-state index in [2.05, 4.69) is 20.8 Å². The summed E-state index contributed by atoms with van der Waals surface area (Å²) in [5, 5.41) is 0. The maximum atomic E-state index is 11.5. The first-order chi connectivity index (χ1) is 4.98. The van der Waals surface area contributed by atoms with E-state index in [1.807, 2.05) is 0 Å². The first-order valence-corrected chi connectivity index (χ1v) is 4.37. The summed E-state index contributed by atoms with van der Waals surface area (Å²) in [7, 11) is 0. The van der Waals surface area contributed by atoms with Crippen LogP contribution < -0.4 is 0 Å². The monoisotopic (exact) mass is 151 g/mol. The summed E-state index contributed by atoms with van der Waals surface area (Å²) < 4.78 is 0. The molecule has 0 saturated heterocycles. The van der Waals surface area contributed by atoms with Crippen LogP contribution in [0.25, 0.3) is 0 Å². The third-order valence-electron chi connectivity index (χ3n) is 4.14. The Balaban J connectivity index is 2.47. The van der Waals surface area contributed by atoms with Gasteiger partial charge in [0.25, 0.3) is 0 Å². The lowest BCUT2D eigenvalue weighted by atomic mass is 9.70. The molecule has 2 fully saturated rings. The van der Waals surface area contributed by atoms with Gasteiger partial charge in [0.1, 0.15) is 5.78 Å². The molecule has 2 saturated carbocycles. The molecule has 11 heavy (non-hydrogen) atoms. The molecule has 0 aromatic carbocycles. The predicted octanol–water partition coefficient (Wildman–Crippen LogP) is 2.22. The van der Waals surface area contributed by atoms with Crippen molar-refractivity contribution in [1.29, 1.82) is 0 Å². The number of hydrogen-bond acceptors (Lipinski definition) is 1. The third kappa shape index (κ3) is 0.605. The van der Waals surface area contributed by atoms with E-state index in [4.69, 9.17) is 0 Å². The molecule has 2 aliphatic carbocycles. The van der Waals surface area contributed by atoms with Gasteiger partial charge in [-0.15, -0.1) is 0 Å². The van der Waals surface area contributed by atoms with Gasteiger partial charge in [-0.2, -0.15) is 0 Å². The van der Waals surface area contributed by atoms with Gasteiger partial charge in [-0.1, -0.05) is 13.8 Å². The van der Waals surface area contributed by atoms with Crippen LogP contribution in [0, 0.1) is 23.7 Å². The Bertz CT molecular complexity index is 217. The van der Waals surface area contributed by atoms with Gasteiger partial charge in [-0.05, 0) is 31.1 Å². The first-order valence-electron chi connectivity index (χ1n) is 4.37. The Morgan fingerprint density at radius 1 is 1.55 bits per heavy atom. The minimum atomic E-state index is -0.225. The number of Topliss-reactive ketones (excluding diaryl/α,β-unsaturated/α-hetero) is 1. The molecule has 2 unspecified atom stereocenters. The van der Waals surface area contributed by atoms with Gasteiger partial charge in [-0.25, -0.2) is 0 Å². The summed E-state index contributed by atoms with van der Waals surface area (Å²) in [5.74, 6) is 1.02.